The maximum Gasteiger partial charge on any atom is 0.255 e. The Morgan fingerprint density at radius 3 is 2.82 bits per heavy atom. The first-order valence-electron chi connectivity index (χ1n) is 6.82. The summed E-state index contributed by atoms with van der Waals surface area (Å²) in [6, 6.07) is 5.09. The van der Waals surface area contributed by atoms with Gasteiger partial charge in [0.1, 0.15) is 11.5 Å². The Morgan fingerprint density at radius 1 is 1.36 bits per heavy atom. The average molecular weight is 324 g/mol. The molecule has 0 aliphatic heterocycles. The van der Waals surface area contributed by atoms with Crippen LogP contribution in [0, 0.1) is 0 Å². The zero-order chi connectivity index (χ0) is 15.9. The molecule has 2 rings (SSSR count). The first kappa shape index (κ1) is 16.2. The lowest BCUT2D eigenvalue weighted by Gasteiger charge is -2.10. The number of aryl methyl sites for hydroxylation is 1. The standard InChI is InChI=1S/C15H18ClN3O3/c1-21-12-4-5-13(14(8-12)22-2)15(20)17-6-3-7-19-10-11(16)9-18-19/h4-5,8-10H,3,6-7H2,1-2H3,(H,17,20). The predicted molar refractivity (Wildman–Crippen MR) is 83.7 cm³/mol. The summed E-state index contributed by atoms with van der Waals surface area (Å²) in [4.78, 5) is 12.2. The van der Waals surface area contributed by atoms with Crippen LogP contribution in [0.2, 0.25) is 5.02 Å². The van der Waals surface area contributed by atoms with Crippen molar-refractivity contribution in [3.63, 3.8) is 0 Å². The normalized spacial score (nSPS) is 10.3. The molecule has 1 N–H and O–H groups in total. The molecule has 0 fully saturated rings. The van der Waals surface area contributed by atoms with Gasteiger partial charge in [-0.15, -0.1) is 0 Å². The van der Waals surface area contributed by atoms with Gasteiger partial charge in [0.15, 0.2) is 0 Å². The monoisotopic (exact) mass is 323 g/mol. The van der Waals surface area contributed by atoms with E-state index in [1.807, 2.05) is 0 Å². The number of nitrogens with zero attached hydrogens (tertiary/aromatic N) is 2. The Bertz CT molecular complexity index is 643. The van der Waals surface area contributed by atoms with Crippen LogP contribution in [0.15, 0.2) is 30.6 Å². The number of methoxy groups -OCH3 is 2. The Morgan fingerprint density at radius 2 is 2.18 bits per heavy atom. The minimum atomic E-state index is -0.182. The zero-order valence-corrected chi connectivity index (χ0v) is 13.3. The number of nitrogens with one attached hydrogen (secondary N) is 1. The van der Waals surface area contributed by atoms with E-state index >= 15 is 0 Å². The van der Waals surface area contributed by atoms with E-state index in [0.29, 0.717) is 35.2 Å². The van der Waals surface area contributed by atoms with E-state index in [4.69, 9.17) is 21.1 Å². The van der Waals surface area contributed by atoms with Crippen LogP contribution in [0.4, 0.5) is 0 Å². The van der Waals surface area contributed by atoms with E-state index in [-0.39, 0.29) is 5.91 Å². The number of carbonyl (C=O) groups excluding carboxylic acids is 1. The SMILES string of the molecule is COc1ccc(C(=O)NCCCn2cc(Cl)cn2)c(OC)c1. The summed E-state index contributed by atoms with van der Waals surface area (Å²) in [5.41, 5.74) is 0.477. The zero-order valence-electron chi connectivity index (χ0n) is 12.5. The smallest absolute Gasteiger partial charge is 0.255 e. The number of hydrogen-bond acceptors (Lipinski definition) is 4. The lowest BCUT2D eigenvalue weighted by atomic mass is 10.1. The van der Waals surface area contributed by atoms with E-state index < -0.39 is 0 Å². The van der Waals surface area contributed by atoms with Gasteiger partial charge in [-0.1, -0.05) is 11.6 Å². The molecule has 0 radical (unpaired) electrons. The van der Waals surface area contributed by atoms with Gasteiger partial charge < -0.3 is 14.8 Å². The molecule has 0 spiro atoms. The van der Waals surface area contributed by atoms with Crippen LogP contribution in [-0.4, -0.2) is 36.5 Å². The quantitative estimate of drug-likeness (QED) is 0.794. The lowest BCUT2D eigenvalue weighted by molar-refractivity contribution is 0.0949. The van der Waals surface area contributed by atoms with Gasteiger partial charge in [0.2, 0.25) is 0 Å². The van der Waals surface area contributed by atoms with Gasteiger partial charge in [0, 0.05) is 25.4 Å². The second-order valence-corrected chi connectivity index (χ2v) is 5.03. The minimum absolute atomic E-state index is 0.182. The summed E-state index contributed by atoms with van der Waals surface area (Å²) in [7, 11) is 3.09. The van der Waals surface area contributed by atoms with Crippen molar-refractivity contribution in [2.24, 2.45) is 0 Å². The molecule has 0 aliphatic rings. The molecule has 0 aliphatic carbocycles. The average Bonchev–Trinajstić information content (AvgIpc) is 2.96. The van der Waals surface area contributed by atoms with Crippen molar-refractivity contribution in [3.05, 3.63) is 41.2 Å². The molecule has 7 heteroatoms. The Labute approximate surface area is 134 Å². The van der Waals surface area contributed by atoms with Crippen molar-refractivity contribution < 1.29 is 14.3 Å². The molecule has 2 aromatic rings. The molecule has 1 aromatic heterocycles. The molecule has 1 heterocycles. The Balaban J connectivity index is 1.86. The highest BCUT2D eigenvalue weighted by Crippen LogP contribution is 2.24. The van der Waals surface area contributed by atoms with Crippen LogP contribution in [0.25, 0.3) is 0 Å². The van der Waals surface area contributed by atoms with Gasteiger partial charge in [0.05, 0.1) is 31.0 Å². The number of hydrogen-bond donors (Lipinski definition) is 1. The molecule has 22 heavy (non-hydrogen) atoms. The van der Waals surface area contributed by atoms with Crippen molar-refractivity contribution in [1.29, 1.82) is 0 Å². The molecular formula is C15H18ClN3O3. The second kappa shape index (κ2) is 7.70. The van der Waals surface area contributed by atoms with Gasteiger partial charge in [-0.05, 0) is 18.6 Å². The van der Waals surface area contributed by atoms with Gasteiger partial charge >= 0.3 is 0 Å². The molecule has 6 nitrogen and oxygen atoms in total. The van der Waals surface area contributed by atoms with Gasteiger partial charge in [0.25, 0.3) is 5.91 Å². The van der Waals surface area contributed by atoms with Crippen LogP contribution < -0.4 is 14.8 Å². The molecular weight excluding hydrogens is 306 g/mol. The van der Waals surface area contributed by atoms with Crippen LogP contribution in [0.1, 0.15) is 16.8 Å². The third-order valence-electron chi connectivity index (χ3n) is 3.10. The maximum absolute atomic E-state index is 12.2. The van der Waals surface area contributed by atoms with Crippen molar-refractivity contribution in [3.8, 4) is 11.5 Å². The van der Waals surface area contributed by atoms with Crippen LogP contribution >= 0.6 is 11.6 Å². The summed E-state index contributed by atoms with van der Waals surface area (Å²) in [6.07, 6.45) is 4.08. The van der Waals surface area contributed by atoms with E-state index in [2.05, 4.69) is 10.4 Å². The maximum atomic E-state index is 12.2. The number of carbonyl (C=O) groups is 1. The van der Waals surface area contributed by atoms with Crippen molar-refractivity contribution in [1.82, 2.24) is 15.1 Å². The number of benzene rings is 1. The third-order valence-corrected chi connectivity index (χ3v) is 3.30. The van der Waals surface area contributed by atoms with Gasteiger partial charge in [-0.2, -0.15) is 5.10 Å². The summed E-state index contributed by atoms with van der Waals surface area (Å²) < 4.78 is 12.1. The Kier molecular flexibility index (Phi) is 5.66. The summed E-state index contributed by atoms with van der Waals surface area (Å²) in [5.74, 6) is 0.942. The second-order valence-electron chi connectivity index (χ2n) is 4.60. The largest absolute Gasteiger partial charge is 0.497 e. The van der Waals surface area contributed by atoms with Crippen molar-refractivity contribution >= 4 is 17.5 Å². The fourth-order valence-corrected chi connectivity index (χ4v) is 2.14. The Hall–Kier alpha value is -2.21. The first-order chi connectivity index (χ1) is 10.6. The summed E-state index contributed by atoms with van der Waals surface area (Å²) in [6.45, 7) is 1.22. The van der Waals surface area contributed by atoms with Gasteiger partial charge in [-0.25, -0.2) is 0 Å². The van der Waals surface area contributed by atoms with Gasteiger partial charge in [-0.3, -0.25) is 9.48 Å². The number of rotatable bonds is 7. The third kappa shape index (κ3) is 4.14. The molecule has 0 saturated heterocycles. The minimum Gasteiger partial charge on any atom is -0.497 e. The van der Waals surface area contributed by atoms with E-state index in [0.717, 1.165) is 6.42 Å². The van der Waals surface area contributed by atoms with Crippen molar-refractivity contribution in [2.75, 3.05) is 20.8 Å². The molecule has 0 atom stereocenters. The molecule has 1 aromatic carbocycles. The predicted octanol–water partition coefficient (Wildman–Crippen LogP) is 2.37. The number of amides is 1. The highest BCUT2D eigenvalue weighted by Gasteiger charge is 2.12. The highest BCUT2D eigenvalue weighted by molar-refractivity contribution is 6.30. The van der Waals surface area contributed by atoms with E-state index in [1.54, 1.807) is 42.4 Å². The first-order valence-corrected chi connectivity index (χ1v) is 7.20. The molecule has 0 saturated carbocycles. The van der Waals surface area contributed by atoms with Crippen LogP contribution in [-0.2, 0) is 6.54 Å². The molecule has 1 amide bonds. The lowest BCUT2D eigenvalue weighted by Crippen LogP contribution is -2.25. The molecule has 0 bridgehead atoms. The fraction of sp³-hybridized carbons (Fsp3) is 0.333. The molecule has 0 unspecified atom stereocenters. The van der Waals surface area contributed by atoms with E-state index in [9.17, 15) is 4.79 Å². The number of aromatic nitrogens is 2. The number of ether oxygens (including phenoxy) is 2. The number of halogens is 1. The summed E-state index contributed by atoms with van der Waals surface area (Å²) >= 11 is 5.78. The van der Waals surface area contributed by atoms with E-state index in [1.165, 1.54) is 7.11 Å². The van der Waals surface area contributed by atoms with Crippen LogP contribution in [0.5, 0.6) is 11.5 Å². The van der Waals surface area contributed by atoms with Crippen molar-refractivity contribution in [2.45, 2.75) is 13.0 Å². The highest BCUT2D eigenvalue weighted by atomic mass is 35.5. The van der Waals surface area contributed by atoms with Crippen LogP contribution in [0.3, 0.4) is 0 Å². The fourth-order valence-electron chi connectivity index (χ4n) is 1.98. The topological polar surface area (TPSA) is 65.4 Å². The summed E-state index contributed by atoms with van der Waals surface area (Å²) in [5, 5.41) is 7.53. The molecule has 118 valence electrons.